The van der Waals surface area contributed by atoms with Crippen LogP contribution in [-0.4, -0.2) is 24.8 Å². The zero-order chi connectivity index (χ0) is 17.3. The van der Waals surface area contributed by atoms with Crippen molar-refractivity contribution in [2.75, 3.05) is 25.3 Å². The molecule has 0 saturated carbocycles. The third-order valence-corrected chi connectivity index (χ3v) is 4.11. The van der Waals surface area contributed by atoms with E-state index in [1.807, 2.05) is 0 Å². The highest BCUT2D eigenvalue weighted by molar-refractivity contribution is 9.10. The van der Waals surface area contributed by atoms with Gasteiger partial charge in [0.05, 0.1) is 18.9 Å². The first-order valence-corrected chi connectivity index (χ1v) is 7.96. The first kappa shape index (κ1) is 17.4. The molecule has 1 aliphatic heterocycles. The topological polar surface area (TPSA) is 43.4 Å². The number of hydrogen-bond acceptors (Lipinski definition) is 4. The van der Waals surface area contributed by atoms with Crippen molar-refractivity contribution in [2.24, 2.45) is 5.92 Å². The van der Waals surface area contributed by atoms with E-state index in [4.69, 9.17) is 9.57 Å². The third kappa shape index (κ3) is 3.79. The minimum atomic E-state index is -4.69. The Morgan fingerprint density at radius 1 is 1.33 bits per heavy atom. The second-order valence-corrected chi connectivity index (χ2v) is 6.39. The second kappa shape index (κ2) is 6.81. The van der Waals surface area contributed by atoms with Crippen molar-refractivity contribution >= 4 is 32.5 Å². The molecular formula is C15H13BrF4N2O2. The number of nitrogens with zero attached hydrogens (tertiary/aromatic N) is 1. The van der Waals surface area contributed by atoms with Gasteiger partial charge in [0, 0.05) is 22.4 Å². The van der Waals surface area contributed by atoms with Gasteiger partial charge in [-0.1, -0.05) is 15.9 Å². The van der Waals surface area contributed by atoms with Gasteiger partial charge >= 0.3 is 6.18 Å². The Hall–Kier alpha value is -1.45. The Labute approximate surface area is 143 Å². The van der Waals surface area contributed by atoms with Gasteiger partial charge in [0.25, 0.3) is 0 Å². The fourth-order valence-electron chi connectivity index (χ4n) is 2.43. The molecule has 1 aromatic heterocycles. The summed E-state index contributed by atoms with van der Waals surface area (Å²) in [5.74, 6) is -0.672. The van der Waals surface area contributed by atoms with E-state index in [9.17, 15) is 17.6 Å². The highest BCUT2D eigenvalue weighted by atomic mass is 79.9. The summed E-state index contributed by atoms with van der Waals surface area (Å²) < 4.78 is 58.6. The highest BCUT2D eigenvalue weighted by Crippen LogP contribution is 2.35. The van der Waals surface area contributed by atoms with E-state index in [1.165, 1.54) is 6.07 Å². The standard InChI is InChI=1S/C15H13BrF4N2O2/c16-9-3-10-12(22-24-7-8-1-2-23-6-8)5-13(15(18,19)20)21-14(10)11(17)4-9/h3-5,8H,1-2,6-7H2,(H,21,22). The Morgan fingerprint density at radius 3 is 2.79 bits per heavy atom. The van der Waals surface area contributed by atoms with Crippen molar-refractivity contribution < 1.29 is 27.1 Å². The van der Waals surface area contributed by atoms with Gasteiger partial charge in [-0.05, 0) is 24.6 Å². The fourth-order valence-corrected chi connectivity index (χ4v) is 2.86. The summed E-state index contributed by atoms with van der Waals surface area (Å²) in [5.41, 5.74) is 0.944. The molecule has 130 valence electrons. The van der Waals surface area contributed by atoms with Crippen LogP contribution in [0.2, 0.25) is 0 Å². The van der Waals surface area contributed by atoms with Crippen LogP contribution in [0.1, 0.15) is 12.1 Å². The molecule has 1 fully saturated rings. The van der Waals surface area contributed by atoms with Gasteiger partial charge in [0.2, 0.25) is 0 Å². The molecule has 9 heteroatoms. The smallest absolute Gasteiger partial charge is 0.381 e. The van der Waals surface area contributed by atoms with Gasteiger partial charge < -0.3 is 4.74 Å². The van der Waals surface area contributed by atoms with E-state index in [-0.39, 0.29) is 29.1 Å². The van der Waals surface area contributed by atoms with Crippen molar-refractivity contribution in [3.63, 3.8) is 0 Å². The average Bonchev–Trinajstić information content (AvgIpc) is 2.99. The molecule has 1 atom stereocenters. The maximum atomic E-state index is 14.0. The van der Waals surface area contributed by atoms with Gasteiger partial charge in [-0.3, -0.25) is 10.3 Å². The van der Waals surface area contributed by atoms with Crippen LogP contribution in [0.15, 0.2) is 22.7 Å². The Kier molecular flexibility index (Phi) is 4.93. The van der Waals surface area contributed by atoms with Crippen LogP contribution in [0.3, 0.4) is 0 Å². The number of pyridine rings is 1. The molecule has 2 aromatic rings. The number of benzene rings is 1. The molecule has 3 rings (SSSR count). The van der Waals surface area contributed by atoms with Crippen LogP contribution in [0, 0.1) is 11.7 Å². The molecule has 4 nitrogen and oxygen atoms in total. The highest BCUT2D eigenvalue weighted by Gasteiger charge is 2.34. The summed E-state index contributed by atoms with van der Waals surface area (Å²) in [6, 6.07) is 3.35. The number of nitrogens with one attached hydrogen (secondary N) is 1. The van der Waals surface area contributed by atoms with Crippen molar-refractivity contribution in [3.05, 3.63) is 34.2 Å². The summed E-state index contributed by atoms with van der Waals surface area (Å²) in [6.45, 7) is 1.47. The molecule has 1 N–H and O–H groups in total. The number of alkyl halides is 3. The Bertz CT molecular complexity index is 748. The normalized spacial score (nSPS) is 18.3. The van der Waals surface area contributed by atoms with Crippen molar-refractivity contribution in [2.45, 2.75) is 12.6 Å². The maximum absolute atomic E-state index is 14.0. The minimum Gasteiger partial charge on any atom is -0.381 e. The predicted octanol–water partition coefficient (Wildman–Crippen LogP) is 4.54. The van der Waals surface area contributed by atoms with Crippen LogP contribution in [0.25, 0.3) is 10.9 Å². The molecule has 1 saturated heterocycles. The number of ether oxygens (including phenoxy) is 1. The summed E-state index contributed by atoms with van der Waals surface area (Å²) >= 11 is 3.12. The summed E-state index contributed by atoms with van der Waals surface area (Å²) in [4.78, 5) is 8.69. The summed E-state index contributed by atoms with van der Waals surface area (Å²) in [6.07, 6.45) is -3.86. The van der Waals surface area contributed by atoms with Gasteiger partial charge in [0.15, 0.2) is 5.82 Å². The van der Waals surface area contributed by atoms with Gasteiger partial charge in [-0.25, -0.2) is 9.37 Å². The molecule has 0 amide bonds. The van der Waals surface area contributed by atoms with E-state index in [1.54, 1.807) is 0 Å². The van der Waals surface area contributed by atoms with Crippen LogP contribution < -0.4 is 5.48 Å². The number of rotatable bonds is 4. The van der Waals surface area contributed by atoms with E-state index in [2.05, 4.69) is 26.4 Å². The van der Waals surface area contributed by atoms with E-state index in [0.29, 0.717) is 17.7 Å². The van der Waals surface area contributed by atoms with E-state index >= 15 is 0 Å². The molecule has 0 spiro atoms. The van der Waals surface area contributed by atoms with E-state index in [0.717, 1.165) is 18.6 Å². The predicted molar refractivity (Wildman–Crippen MR) is 82.9 cm³/mol. The van der Waals surface area contributed by atoms with Crippen LogP contribution in [0.5, 0.6) is 0 Å². The molecule has 1 unspecified atom stereocenters. The Morgan fingerprint density at radius 2 is 2.12 bits per heavy atom. The van der Waals surface area contributed by atoms with Gasteiger partial charge in [0.1, 0.15) is 11.2 Å². The monoisotopic (exact) mass is 408 g/mol. The number of hydrogen-bond donors (Lipinski definition) is 1. The number of anilines is 1. The largest absolute Gasteiger partial charge is 0.433 e. The summed E-state index contributed by atoms with van der Waals surface area (Å²) in [7, 11) is 0. The first-order valence-electron chi connectivity index (χ1n) is 7.17. The molecular weight excluding hydrogens is 396 g/mol. The lowest BCUT2D eigenvalue weighted by molar-refractivity contribution is -0.140. The lowest BCUT2D eigenvalue weighted by Gasteiger charge is -2.15. The minimum absolute atomic E-state index is 0.00596. The molecule has 0 radical (unpaired) electrons. The lowest BCUT2D eigenvalue weighted by atomic mass is 10.1. The van der Waals surface area contributed by atoms with Gasteiger partial charge in [-0.15, -0.1) is 0 Å². The molecule has 2 heterocycles. The average molecular weight is 409 g/mol. The van der Waals surface area contributed by atoms with Crippen molar-refractivity contribution in [1.82, 2.24) is 4.98 Å². The van der Waals surface area contributed by atoms with Crippen molar-refractivity contribution in [3.8, 4) is 0 Å². The maximum Gasteiger partial charge on any atom is 0.433 e. The molecule has 1 aromatic carbocycles. The number of fused-ring (bicyclic) bond motifs is 1. The molecule has 0 bridgehead atoms. The zero-order valence-electron chi connectivity index (χ0n) is 12.3. The lowest BCUT2D eigenvalue weighted by Crippen LogP contribution is -2.14. The van der Waals surface area contributed by atoms with Crippen LogP contribution in [-0.2, 0) is 15.8 Å². The second-order valence-electron chi connectivity index (χ2n) is 5.48. The first-order chi connectivity index (χ1) is 11.3. The third-order valence-electron chi connectivity index (χ3n) is 3.65. The SMILES string of the molecule is Fc1cc(Br)cc2c(NOCC3CCOC3)cc(C(F)(F)F)nc12. The summed E-state index contributed by atoms with van der Waals surface area (Å²) in [5, 5.41) is 0.192. The number of aromatic nitrogens is 1. The quantitative estimate of drug-likeness (QED) is 0.595. The Balaban J connectivity index is 1.93. The van der Waals surface area contributed by atoms with Crippen LogP contribution in [0.4, 0.5) is 23.2 Å². The van der Waals surface area contributed by atoms with E-state index < -0.39 is 17.7 Å². The fraction of sp³-hybridized carbons (Fsp3) is 0.400. The molecule has 1 aliphatic rings. The van der Waals surface area contributed by atoms with Crippen molar-refractivity contribution in [1.29, 1.82) is 0 Å². The number of halogens is 5. The molecule has 0 aliphatic carbocycles. The van der Waals surface area contributed by atoms with Crippen LogP contribution >= 0.6 is 15.9 Å². The zero-order valence-corrected chi connectivity index (χ0v) is 13.9. The molecule has 24 heavy (non-hydrogen) atoms. The van der Waals surface area contributed by atoms with Gasteiger partial charge in [-0.2, -0.15) is 13.2 Å².